The highest BCUT2D eigenvalue weighted by Gasteiger charge is 2.28. The standard InChI is InChI=1S/C20H31N3O2/c1-15-8-6-7-9-17(15)20(2,3)14-22-19(21-4)23-12-10-16(11-13-23)18(24)25-5/h6-9,16H,10-14H2,1-5H3,(H,21,22). The van der Waals surface area contributed by atoms with Crippen LogP contribution in [0.4, 0.5) is 0 Å². The van der Waals surface area contributed by atoms with Crippen LogP contribution in [-0.2, 0) is 14.9 Å². The van der Waals surface area contributed by atoms with Crippen LogP contribution in [0.5, 0.6) is 0 Å². The van der Waals surface area contributed by atoms with Crippen LogP contribution in [-0.4, -0.2) is 50.6 Å². The summed E-state index contributed by atoms with van der Waals surface area (Å²) >= 11 is 0. The summed E-state index contributed by atoms with van der Waals surface area (Å²) in [6.07, 6.45) is 1.63. The number of hydrogen-bond donors (Lipinski definition) is 1. The van der Waals surface area contributed by atoms with Crippen molar-refractivity contribution in [2.45, 2.75) is 39.0 Å². The third-order valence-electron chi connectivity index (χ3n) is 5.10. The van der Waals surface area contributed by atoms with Gasteiger partial charge in [-0.25, -0.2) is 0 Å². The van der Waals surface area contributed by atoms with Crippen LogP contribution in [0.3, 0.4) is 0 Å². The fraction of sp³-hybridized carbons (Fsp3) is 0.600. The number of aliphatic imine (C=N–C) groups is 1. The van der Waals surface area contributed by atoms with E-state index in [1.54, 1.807) is 0 Å². The van der Waals surface area contributed by atoms with Crippen LogP contribution in [0.2, 0.25) is 0 Å². The molecular weight excluding hydrogens is 314 g/mol. The number of piperidine rings is 1. The third kappa shape index (κ3) is 4.74. The molecule has 1 saturated heterocycles. The van der Waals surface area contributed by atoms with Gasteiger partial charge < -0.3 is 15.0 Å². The number of likely N-dealkylation sites (tertiary alicyclic amines) is 1. The summed E-state index contributed by atoms with van der Waals surface area (Å²) < 4.78 is 4.86. The molecule has 0 unspecified atom stereocenters. The number of guanidine groups is 1. The van der Waals surface area contributed by atoms with Crippen LogP contribution < -0.4 is 5.32 Å². The van der Waals surface area contributed by atoms with Crippen molar-refractivity contribution in [2.24, 2.45) is 10.9 Å². The van der Waals surface area contributed by atoms with Crippen LogP contribution in [0, 0.1) is 12.8 Å². The maximum Gasteiger partial charge on any atom is 0.308 e. The molecule has 1 heterocycles. The number of carbonyl (C=O) groups is 1. The summed E-state index contributed by atoms with van der Waals surface area (Å²) in [5.74, 6) is 0.830. The number of hydrogen-bond acceptors (Lipinski definition) is 3. The van der Waals surface area contributed by atoms with Crippen molar-refractivity contribution < 1.29 is 9.53 Å². The molecule has 0 spiro atoms. The fourth-order valence-corrected chi connectivity index (χ4v) is 3.55. The van der Waals surface area contributed by atoms with Gasteiger partial charge in [-0.2, -0.15) is 0 Å². The molecule has 0 radical (unpaired) electrons. The van der Waals surface area contributed by atoms with Crippen molar-refractivity contribution in [1.82, 2.24) is 10.2 Å². The van der Waals surface area contributed by atoms with E-state index < -0.39 is 0 Å². The van der Waals surface area contributed by atoms with Crippen LogP contribution in [0.15, 0.2) is 29.3 Å². The Balaban J connectivity index is 1.95. The first-order valence-corrected chi connectivity index (χ1v) is 8.98. The zero-order valence-corrected chi connectivity index (χ0v) is 16.1. The van der Waals surface area contributed by atoms with Crippen molar-refractivity contribution in [3.05, 3.63) is 35.4 Å². The Bertz CT molecular complexity index is 617. The summed E-state index contributed by atoms with van der Waals surface area (Å²) in [5, 5.41) is 3.52. The summed E-state index contributed by atoms with van der Waals surface area (Å²) in [6.45, 7) is 9.11. The van der Waals surface area contributed by atoms with Gasteiger partial charge in [0.25, 0.3) is 0 Å². The third-order valence-corrected chi connectivity index (χ3v) is 5.10. The number of rotatable bonds is 4. The first-order valence-electron chi connectivity index (χ1n) is 8.98. The van der Waals surface area contributed by atoms with E-state index in [9.17, 15) is 4.79 Å². The SMILES string of the molecule is CN=C(NCC(C)(C)c1ccccc1C)N1CCC(C(=O)OC)CC1. The molecule has 138 valence electrons. The predicted octanol–water partition coefficient (Wildman–Crippen LogP) is 2.73. The van der Waals surface area contributed by atoms with Crippen LogP contribution in [0.1, 0.15) is 37.8 Å². The van der Waals surface area contributed by atoms with Gasteiger partial charge >= 0.3 is 5.97 Å². The monoisotopic (exact) mass is 345 g/mol. The fourth-order valence-electron chi connectivity index (χ4n) is 3.55. The highest BCUT2D eigenvalue weighted by atomic mass is 16.5. The van der Waals surface area contributed by atoms with E-state index >= 15 is 0 Å². The van der Waals surface area contributed by atoms with Crippen molar-refractivity contribution >= 4 is 11.9 Å². The summed E-state index contributed by atoms with van der Waals surface area (Å²) in [7, 11) is 3.28. The van der Waals surface area contributed by atoms with Crippen LogP contribution >= 0.6 is 0 Å². The molecular formula is C20H31N3O2. The molecule has 1 aliphatic rings. The summed E-state index contributed by atoms with van der Waals surface area (Å²) in [5.41, 5.74) is 2.66. The van der Waals surface area contributed by atoms with E-state index in [4.69, 9.17) is 4.74 Å². The van der Waals surface area contributed by atoms with Gasteiger partial charge in [0.2, 0.25) is 0 Å². The van der Waals surface area contributed by atoms with Gasteiger partial charge in [-0.3, -0.25) is 9.79 Å². The minimum atomic E-state index is -0.0942. The van der Waals surface area contributed by atoms with Crippen LogP contribution in [0.25, 0.3) is 0 Å². The molecule has 1 fully saturated rings. The largest absolute Gasteiger partial charge is 0.469 e. The zero-order valence-electron chi connectivity index (χ0n) is 16.1. The maximum absolute atomic E-state index is 11.7. The van der Waals surface area contributed by atoms with E-state index in [0.717, 1.165) is 38.4 Å². The lowest BCUT2D eigenvalue weighted by Crippen LogP contribution is -2.49. The second kappa shape index (κ2) is 8.37. The minimum Gasteiger partial charge on any atom is -0.469 e. The molecule has 0 saturated carbocycles. The number of nitrogens with one attached hydrogen (secondary N) is 1. The molecule has 0 aliphatic carbocycles. The Morgan fingerprint density at radius 1 is 1.32 bits per heavy atom. The second-order valence-electron chi connectivity index (χ2n) is 7.38. The molecule has 0 amide bonds. The molecule has 0 bridgehead atoms. The Kier molecular flexibility index (Phi) is 6.45. The number of nitrogens with zero attached hydrogens (tertiary/aromatic N) is 2. The lowest BCUT2D eigenvalue weighted by molar-refractivity contribution is -0.146. The maximum atomic E-state index is 11.7. The Morgan fingerprint density at radius 3 is 2.52 bits per heavy atom. The number of methoxy groups -OCH3 is 1. The highest BCUT2D eigenvalue weighted by molar-refractivity contribution is 5.80. The number of esters is 1. The lowest BCUT2D eigenvalue weighted by atomic mass is 9.82. The second-order valence-corrected chi connectivity index (χ2v) is 7.38. The predicted molar refractivity (Wildman–Crippen MR) is 102 cm³/mol. The number of aryl methyl sites for hydroxylation is 1. The van der Waals surface area contributed by atoms with E-state index in [1.807, 2.05) is 7.05 Å². The first-order chi connectivity index (χ1) is 11.9. The van der Waals surface area contributed by atoms with Gasteiger partial charge in [0.05, 0.1) is 13.0 Å². The molecule has 1 N–H and O–H groups in total. The summed E-state index contributed by atoms with van der Waals surface area (Å²) in [4.78, 5) is 18.3. The Morgan fingerprint density at radius 2 is 1.96 bits per heavy atom. The Labute approximate surface area is 151 Å². The van der Waals surface area contributed by atoms with Crippen molar-refractivity contribution in [3.63, 3.8) is 0 Å². The van der Waals surface area contributed by atoms with Gasteiger partial charge in [-0.1, -0.05) is 38.1 Å². The Hall–Kier alpha value is -2.04. The van der Waals surface area contributed by atoms with E-state index in [-0.39, 0.29) is 17.3 Å². The lowest BCUT2D eigenvalue weighted by Gasteiger charge is -2.35. The molecule has 0 aromatic heterocycles. The van der Waals surface area contributed by atoms with Gasteiger partial charge in [0, 0.05) is 32.1 Å². The molecule has 1 aromatic rings. The molecule has 25 heavy (non-hydrogen) atoms. The van der Waals surface area contributed by atoms with Crippen molar-refractivity contribution in [1.29, 1.82) is 0 Å². The highest BCUT2D eigenvalue weighted by Crippen LogP contribution is 2.25. The average Bonchev–Trinajstić information content (AvgIpc) is 2.62. The summed E-state index contributed by atoms with van der Waals surface area (Å²) in [6, 6.07) is 8.52. The molecule has 2 rings (SSSR count). The van der Waals surface area contributed by atoms with Gasteiger partial charge in [0.1, 0.15) is 0 Å². The average molecular weight is 345 g/mol. The number of benzene rings is 1. The van der Waals surface area contributed by atoms with E-state index in [1.165, 1.54) is 18.2 Å². The normalized spacial score (nSPS) is 16.7. The molecule has 1 aromatic carbocycles. The smallest absolute Gasteiger partial charge is 0.308 e. The quantitative estimate of drug-likeness (QED) is 0.518. The number of ether oxygens (including phenoxy) is 1. The van der Waals surface area contributed by atoms with E-state index in [0.29, 0.717) is 0 Å². The molecule has 0 atom stereocenters. The first kappa shape index (κ1) is 19.3. The van der Waals surface area contributed by atoms with E-state index in [2.05, 4.69) is 60.2 Å². The topological polar surface area (TPSA) is 53.9 Å². The van der Waals surface area contributed by atoms with Gasteiger partial charge in [-0.05, 0) is 30.9 Å². The number of carbonyl (C=O) groups excluding carboxylic acids is 1. The van der Waals surface area contributed by atoms with Gasteiger partial charge in [0.15, 0.2) is 5.96 Å². The molecule has 5 nitrogen and oxygen atoms in total. The zero-order chi connectivity index (χ0) is 18.4. The minimum absolute atomic E-state index is 0.00558. The molecule has 5 heteroatoms. The van der Waals surface area contributed by atoms with Crippen molar-refractivity contribution in [2.75, 3.05) is 33.8 Å². The van der Waals surface area contributed by atoms with Gasteiger partial charge in [-0.15, -0.1) is 0 Å². The molecule has 1 aliphatic heterocycles. The van der Waals surface area contributed by atoms with Crippen molar-refractivity contribution in [3.8, 4) is 0 Å².